The van der Waals surface area contributed by atoms with Crippen molar-refractivity contribution < 1.29 is 19.8 Å². The number of anilines is 1. The van der Waals surface area contributed by atoms with Crippen LogP contribution in [0.1, 0.15) is 36.7 Å². The molecule has 8 heteroatoms. The van der Waals surface area contributed by atoms with Gasteiger partial charge in [-0.25, -0.2) is 0 Å². The Morgan fingerprint density at radius 3 is 2.58 bits per heavy atom. The van der Waals surface area contributed by atoms with E-state index < -0.39 is 0 Å². The summed E-state index contributed by atoms with van der Waals surface area (Å²) >= 11 is 1.34. The number of carbonyl (C=O) groups excluding carboxylic acids is 2. The van der Waals surface area contributed by atoms with E-state index in [4.69, 9.17) is 0 Å². The standard InChI is InChI=1S/C28H21N3O4S/c1-16-7-9-19(14-24(16)32)29-15-22-21-10-8-18(13-23(21)31-27(22)34)26(33)17-4-2-5-20(12-17)30-28(35)25-6-3-11-36-25/h2-15,31-32,34H,1H3,(H,30,35). The number of aromatic nitrogens is 1. The average Bonchev–Trinajstić information content (AvgIpc) is 3.52. The van der Waals surface area contributed by atoms with Crippen LogP contribution < -0.4 is 5.32 Å². The first-order valence-electron chi connectivity index (χ1n) is 11.1. The monoisotopic (exact) mass is 495 g/mol. The first-order valence-corrected chi connectivity index (χ1v) is 11.9. The van der Waals surface area contributed by atoms with Crippen molar-refractivity contribution in [3.05, 3.63) is 105 Å². The molecule has 7 nitrogen and oxygen atoms in total. The lowest BCUT2D eigenvalue weighted by atomic mass is 10.0. The van der Waals surface area contributed by atoms with Gasteiger partial charge in [0, 0.05) is 40.0 Å². The van der Waals surface area contributed by atoms with E-state index in [0.29, 0.717) is 43.8 Å². The van der Waals surface area contributed by atoms with Crippen LogP contribution in [0.25, 0.3) is 10.9 Å². The summed E-state index contributed by atoms with van der Waals surface area (Å²) < 4.78 is 0. The van der Waals surface area contributed by atoms with Gasteiger partial charge in [-0.2, -0.15) is 0 Å². The van der Waals surface area contributed by atoms with Gasteiger partial charge in [-0.05, 0) is 48.2 Å². The molecular formula is C28H21N3O4S. The zero-order chi connectivity index (χ0) is 25.2. The van der Waals surface area contributed by atoms with E-state index in [1.54, 1.807) is 79.7 Å². The number of hydrogen-bond acceptors (Lipinski definition) is 6. The van der Waals surface area contributed by atoms with Crippen molar-refractivity contribution in [2.45, 2.75) is 6.92 Å². The lowest BCUT2D eigenvalue weighted by Crippen LogP contribution is -2.11. The molecular weight excluding hydrogens is 474 g/mol. The maximum absolute atomic E-state index is 13.2. The number of fused-ring (bicyclic) bond motifs is 1. The number of nitrogens with one attached hydrogen (secondary N) is 2. The highest BCUT2D eigenvalue weighted by atomic mass is 32.1. The molecule has 0 atom stereocenters. The number of aromatic hydroxyl groups is 2. The van der Waals surface area contributed by atoms with Crippen molar-refractivity contribution in [2.24, 2.45) is 4.99 Å². The highest BCUT2D eigenvalue weighted by molar-refractivity contribution is 7.12. The maximum Gasteiger partial charge on any atom is 0.265 e. The molecule has 36 heavy (non-hydrogen) atoms. The molecule has 5 rings (SSSR count). The minimum Gasteiger partial charge on any atom is -0.508 e. The van der Waals surface area contributed by atoms with Crippen molar-refractivity contribution in [1.29, 1.82) is 0 Å². The Labute approximate surface area is 210 Å². The van der Waals surface area contributed by atoms with Crippen LogP contribution in [0.5, 0.6) is 11.6 Å². The molecule has 0 saturated carbocycles. The normalized spacial score (nSPS) is 11.2. The van der Waals surface area contributed by atoms with E-state index in [1.807, 2.05) is 5.38 Å². The van der Waals surface area contributed by atoms with E-state index in [9.17, 15) is 19.8 Å². The molecule has 0 aliphatic rings. The molecule has 2 heterocycles. The summed E-state index contributed by atoms with van der Waals surface area (Å²) in [5.41, 5.74) is 3.73. The molecule has 2 aromatic heterocycles. The predicted octanol–water partition coefficient (Wildman–Crippen LogP) is 6.18. The zero-order valence-corrected chi connectivity index (χ0v) is 20.0. The predicted molar refractivity (Wildman–Crippen MR) is 142 cm³/mol. The number of amides is 1. The first-order chi connectivity index (χ1) is 17.4. The second-order valence-electron chi connectivity index (χ2n) is 8.22. The van der Waals surface area contributed by atoms with Gasteiger partial charge in [0.05, 0.1) is 16.1 Å². The number of aryl methyl sites for hydroxylation is 1. The Bertz CT molecular complexity index is 1630. The largest absolute Gasteiger partial charge is 0.508 e. The Hall–Kier alpha value is -4.69. The number of H-pyrrole nitrogens is 1. The third kappa shape index (κ3) is 4.62. The number of benzene rings is 3. The molecule has 4 N–H and O–H groups in total. The molecule has 0 spiro atoms. The Kier molecular flexibility index (Phi) is 6.10. The molecule has 0 aliphatic carbocycles. The number of rotatable bonds is 6. The molecule has 0 radical (unpaired) electrons. The smallest absolute Gasteiger partial charge is 0.265 e. The van der Waals surface area contributed by atoms with E-state index in [0.717, 1.165) is 5.56 Å². The van der Waals surface area contributed by atoms with Crippen LogP contribution in [-0.4, -0.2) is 33.1 Å². The van der Waals surface area contributed by atoms with Crippen molar-refractivity contribution in [1.82, 2.24) is 4.98 Å². The molecule has 3 aromatic carbocycles. The highest BCUT2D eigenvalue weighted by Gasteiger charge is 2.15. The van der Waals surface area contributed by atoms with Gasteiger partial charge in [0.15, 0.2) is 11.7 Å². The van der Waals surface area contributed by atoms with Gasteiger partial charge in [-0.15, -0.1) is 11.3 Å². The quantitative estimate of drug-likeness (QED) is 0.166. The molecule has 1 amide bonds. The number of phenolic OH excluding ortho intramolecular Hbond substituents is 1. The van der Waals surface area contributed by atoms with Crippen LogP contribution in [-0.2, 0) is 0 Å². The van der Waals surface area contributed by atoms with Crippen molar-refractivity contribution in [3.63, 3.8) is 0 Å². The Morgan fingerprint density at radius 2 is 1.81 bits per heavy atom. The van der Waals surface area contributed by atoms with Gasteiger partial charge >= 0.3 is 0 Å². The van der Waals surface area contributed by atoms with E-state index in [1.165, 1.54) is 17.6 Å². The lowest BCUT2D eigenvalue weighted by molar-refractivity contribution is 0.102. The minimum absolute atomic E-state index is 0.0760. The van der Waals surface area contributed by atoms with Gasteiger partial charge < -0.3 is 20.5 Å². The SMILES string of the molecule is Cc1ccc(N=Cc2c(O)[nH]c3cc(C(=O)c4cccc(NC(=O)c5cccs5)c4)ccc23)cc1O. The fraction of sp³-hybridized carbons (Fsp3) is 0.0357. The third-order valence-electron chi connectivity index (χ3n) is 5.74. The fourth-order valence-electron chi connectivity index (χ4n) is 3.80. The van der Waals surface area contributed by atoms with Gasteiger partial charge in [-0.3, -0.25) is 14.6 Å². The van der Waals surface area contributed by atoms with Crippen LogP contribution in [0, 0.1) is 6.92 Å². The van der Waals surface area contributed by atoms with E-state index in [2.05, 4.69) is 15.3 Å². The highest BCUT2D eigenvalue weighted by Crippen LogP contribution is 2.29. The molecule has 178 valence electrons. The number of aliphatic imine (C=N–C) groups is 1. The summed E-state index contributed by atoms with van der Waals surface area (Å²) in [6, 6.07) is 20.5. The van der Waals surface area contributed by atoms with Crippen LogP contribution in [0.3, 0.4) is 0 Å². The van der Waals surface area contributed by atoms with Gasteiger partial charge in [0.1, 0.15) is 5.75 Å². The molecule has 0 unspecified atom stereocenters. The van der Waals surface area contributed by atoms with Crippen LogP contribution >= 0.6 is 11.3 Å². The summed E-state index contributed by atoms with van der Waals surface area (Å²) in [6.07, 6.45) is 1.51. The summed E-state index contributed by atoms with van der Waals surface area (Å²) in [6.45, 7) is 1.80. The average molecular weight is 496 g/mol. The second-order valence-corrected chi connectivity index (χ2v) is 9.17. The van der Waals surface area contributed by atoms with Crippen molar-refractivity contribution in [3.8, 4) is 11.6 Å². The first kappa shape index (κ1) is 23.1. The second kappa shape index (κ2) is 9.52. The van der Waals surface area contributed by atoms with Gasteiger partial charge in [0.2, 0.25) is 0 Å². The molecule has 0 bridgehead atoms. The van der Waals surface area contributed by atoms with E-state index >= 15 is 0 Å². The Balaban J connectivity index is 1.39. The molecule has 0 saturated heterocycles. The molecule has 5 aromatic rings. The third-order valence-corrected chi connectivity index (χ3v) is 6.61. The topological polar surface area (TPSA) is 115 Å². The van der Waals surface area contributed by atoms with Crippen LogP contribution in [0.4, 0.5) is 11.4 Å². The molecule has 0 aliphatic heterocycles. The minimum atomic E-state index is -0.229. The molecule has 0 fully saturated rings. The van der Waals surface area contributed by atoms with E-state index in [-0.39, 0.29) is 23.3 Å². The summed E-state index contributed by atoms with van der Waals surface area (Å²) in [5.74, 6) is -0.379. The number of hydrogen-bond donors (Lipinski definition) is 4. The van der Waals surface area contributed by atoms with Crippen molar-refractivity contribution >= 4 is 51.5 Å². The Morgan fingerprint density at radius 1 is 0.972 bits per heavy atom. The van der Waals surface area contributed by atoms with Crippen LogP contribution in [0.15, 0.2) is 83.2 Å². The fourth-order valence-corrected chi connectivity index (χ4v) is 4.42. The zero-order valence-electron chi connectivity index (χ0n) is 19.1. The summed E-state index contributed by atoms with van der Waals surface area (Å²) in [4.78, 5) is 33.4. The lowest BCUT2D eigenvalue weighted by Gasteiger charge is -2.07. The number of nitrogens with zero attached hydrogens (tertiary/aromatic N) is 1. The number of ketones is 1. The summed E-state index contributed by atoms with van der Waals surface area (Å²) in [7, 11) is 0. The summed E-state index contributed by atoms with van der Waals surface area (Å²) in [5, 5.41) is 25.7. The van der Waals surface area contributed by atoms with Crippen molar-refractivity contribution in [2.75, 3.05) is 5.32 Å². The maximum atomic E-state index is 13.2. The number of carbonyl (C=O) groups is 2. The van der Waals surface area contributed by atoms with Gasteiger partial charge in [-0.1, -0.05) is 36.4 Å². The van der Waals surface area contributed by atoms with Crippen LogP contribution in [0.2, 0.25) is 0 Å². The van der Waals surface area contributed by atoms with Gasteiger partial charge in [0.25, 0.3) is 5.91 Å². The number of aromatic amines is 1. The number of thiophene rings is 1. The number of phenols is 1.